The topological polar surface area (TPSA) is 54.9 Å². The number of para-hydroxylation sites is 1. The Bertz CT molecular complexity index is 937. The summed E-state index contributed by atoms with van der Waals surface area (Å²) in [7, 11) is 3.28. The molecule has 2 N–H and O–H groups in total. The van der Waals surface area contributed by atoms with Gasteiger partial charge in [0.2, 0.25) is 0 Å². The Labute approximate surface area is 157 Å². The van der Waals surface area contributed by atoms with Crippen LogP contribution >= 0.6 is 12.2 Å². The van der Waals surface area contributed by atoms with E-state index in [4.69, 9.17) is 21.7 Å². The highest BCUT2D eigenvalue weighted by atomic mass is 32.1. The van der Waals surface area contributed by atoms with Crippen molar-refractivity contribution in [1.82, 2.24) is 5.43 Å². The molecule has 0 unspecified atom stereocenters. The zero-order valence-electron chi connectivity index (χ0n) is 14.5. The molecule has 0 aliphatic rings. The molecular formula is C20H19N3O2S. The van der Waals surface area contributed by atoms with E-state index in [1.54, 1.807) is 20.4 Å². The van der Waals surface area contributed by atoms with Crippen molar-refractivity contribution in [2.45, 2.75) is 0 Å². The Kier molecular flexibility index (Phi) is 5.66. The van der Waals surface area contributed by atoms with Crippen molar-refractivity contribution in [3.63, 3.8) is 0 Å². The minimum atomic E-state index is 0.407. The predicted octanol–water partition coefficient (Wildman–Crippen LogP) is 4.18. The number of ether oxygens (including phenoxy) is 2. The molecule has 0 saturated carbocycles. The first-order valence-corrected chi connectivity index (χ1v) is 8.42. The van der Waals surface area contributed by atoms with Crippen molar-refractivity contribution in [2.24, 2.45) is 5.10 Å². The quantitative estimate of drug-likeness (QED) is 0.404. The summed E-state index contributed by atoms with van der Waals surface area (Å²) in [6.45, 7) is 0. The van der Waals surface area contributed by atoms with E-state index in [-0.39, 0.29) is 0 Å². The second-order valence-electron chi connectivity index (χ2n) is 5.46. The van der Waals surface area contributed by atoms with Crippen molar-refractivity contribution in [1.29, 1.82) is 0 Å². The minimum Gasteiger partial charge on any atom is -0.497 e. The minimum absolute atomic E-state index is 0.407. The van der Waals surface area contributed by atoms with Gasteiger partial charge < -0.3 is 14.8 Å². The molecule has 0 aliphatic heterocycles. The molecular weight excluding hydrogens is 346 g/mol. The van der Waals surface area contributed by atoms with Gasteiger partial charge in [-0.15, -0.1) is 0 Å². The van der Waals surface area contributed by atoms with Crippen LogP contribution in [0.25, 0.3) is 10.8 Å². The molecule has 5 nitrogen and oxygen atoms in total. The lowest BCUT2D eigenvalue weighted by molar-refractivity contribution is 0.413. The first-order valence-electron chi connectivity index (χ1n) is 8.01. The molecule has 26 heavy (non-hydrogen) atoms. The molecule has 3 aromatic rings. The van der Waals surface area contributed by atoms with E-state index in [1.807, 2.05) is 60.7 Å². The van der Waals surface area contributed by atoms with Crippen LogP contribution in [0.4, 0.5) is 5.69 Å². The zero-order chi connectivity index (χ0) is 18.4. The number of hydrazone groups is 1. The summed E-state index contributed by atoms with van der Waals surface area (Å²) in [5.74, 6) is 1.49. The van der Waals surface area contributed by atoms with Gasteiger partial charge in [-0.05, 0) is 53.3 Å². The third-order valence-electron chi connectivity index (χ3n) is 3.84. The van der Waals surface area contributed by atoms with E-state index in [0.717, 1.165) is 33.5 Å². The number of nitrogens with one attached hydrogen (secondary N) is 2. The summed E-state index contributed by atoms with van der Waals surface area (Å²) in [5, 5.41) is 9.78. The largest absolute Gasteiger partial charge is 0.497 e. The molecule has 0 heterocycles. The maximum atomic E-state index is 5.47. The summed E-state index contributed by atoms with van der Waals surface area (Å²) < 4.78 is 10.8. The van der Waals surface area contributed by atoms with Gasteiger partial charge in [0.05, 0.1) is 20.4 Å². The van der Waals surface area contributed by atoms with Gasteiger partial charge in [0.25, 0.3) is 0 Å². The molecule has 0 bridgehead atoms. The second kappa shape index (κ2) is 8.31. The first-order chi connectivity index (χ1) is 12.7. The third kappa shape index (κ3) is 4.10. The van der Waals surface area contributed by atoms with E-state index in [1.165, 1.54) is 0 Å². The second-order valence-corrected chi connectivity index (χ2v) is 5.87. The summed E-state index contributed by atoms with van der Waals surface area (Å²) in [6, 6.07) is 19.5. The molecule has 0 fully saturated rings. The van der Waals surface area contributed by atoms with E-state index >= 15 is 0 Å². The molecule has 0 aliphatic carbocycles. The van der Waals surface area contributed by atoms with Gasteiger partial charge in [0.1, 0.15) is 11.5 Å². The van der Waals surface area contributed by atoms with E-state index in [9.17, 15) is 0 Å². The van der Waals surface area contributed by atoms with Crippen molar-refractivity contribution in [2.75, 3.05) is 19.5 Å². The smallest absolute Gasteiger partial charge is 0.191 e. The standard InChI is InChI=1S/C20H19N3O2S/c1-24-16-10-8-14-9-11-19(25-2)18(17(14)12-16)13-21-23-20(26)22-15-6-4-3-5-7-15/h3-13H,1-2H3,(H2,22,23,26)/b21-13+. The number of methoxy groups -OCH3 is 2. The van der Waals surface area contributed by atoms with Crippen LogP contribution in [0.15, 0.2) is 65.8 Å². The summed E-state index contributed by atoms with van der Waals surface area (Å²) in [4.78, 5) is 0. The number of rotatable bonds is 5. The van der Waals surface area contributed by atoms with Crippen LogP contribution in [0.3, 0.4) is 0 Å². The SMILES string of the molecule is COc1ccc2ccc(OC)c(/C=N/NC(=S)Nc3ccccc3)c2c1. The van der Waals surface area contributed by atoms with Crippen LogP contribution in [-0.2, 0) is 0 Å². The van der Waals surface area contributed by atoms with E-state index in [2.05, 4.69) is 15.8 Å². The molecule has 0 amide bonds. The monoisotopic (exact) mass is 365 g/mol. The van der Waals surface area contributed by atoms with Gasteiger partial charge in [-0.25, -0.2) is 0 Å². The molecule has 0 radical (unpaired) electrons. The first kappa shape index (κ1) is 17.7. The molecule has 0 atom stereocenters. The highest BCUT2D eigenvalue weighted by molar-refractivity contribution is 7.80. The van der Waals surface area contributed by atoms with Crippen molar-refractivity contribution in [3.8, 4) is 11.5 Å². The third-order valence-corrected chi connectivity index (χ3v) is 4.04. The number of fused-ring (bicyclic) bond motifs is 1. The lowest BCUT2D eigenvalue weighted by atomic mass is 10.0. The number of thiocarbonyl (C=S) groups is 1. The summed E-state index contributed by atoms with van der Waals surface area (Å²) in [6.07, 6.45) is 1.69. The summed E-state index contributed by atoms with van der Waals surface area (Å²) >= 11 is 5.26. The fourth-order valence-corrected chi connectivity index (χ4v) is 2.75. The number of benzene rings is 3. The maximum absolute atomic E-state index is 5.47. The molecule has 0 aromatic heterocycles. The lowest BCUT2D eigenvalue weighted by Crippen LogP contribution is -2.23. The van der Waals surface area contributed by atoms with Crippen LogP contribution < -0.4 is 20.2 Å². The van der Waals surface area contributed by atoms with E-state index in [0.29, 0.717) is 5.11 Å². The van der Waals surface area contributed by atoms with Crippen molar-refractivity contribution < 1.29 is 9.47 Å². The maximum Gasteiger partial charge on any atom is 0.191 e. The Morgan fingerprint density at radius 2 is 1.77 bits per heavy atom. The fraction of sp³-hybridized carbons (Fsp3) is 0.100. The molecule has 3 rings (SSSR count). The molecule has 0 saturated heterocycles. The van der Waals surface area contributed by atoms with Gasteiger partial charge in [-0.3, -0.25) is 5.43 Å². The molecule has 6 heteroatoms. The Morgan fingerprint density at radius 1 is 1.00 bits per heavy atom. The van der Waals surface area contributed by atoms with Crippen molar-refractivity contribution in [3.05, 3.63) is 66.2 Å². The molecule has 0 spiro atoms. The van der Waals surface area contributed by atoms with Crippen LogP contribution in [-0.4, -0.2) is 25.5 Å². The van der Waals surface area contributed by atoms with E-state index < -0.39 is 0 Å². The Morgan fingerprint density at radius 3 is 2.50 bits per heavy atom. The normalized spacial score (nSPS) is 10.7. The fourth-order valence-electron chi connectivity index (χ4n) is 2.58. The summed E-state index contributed by atoms with van der Waals surface area (Å²) in [5.41, 5.74) is 4.57. The average molecular weight is 365 g/mol. The van der Waals surface area contributed by atoms with Crippen LogP contribution in [0.2, 0.25) is 0 Å². The number of hydrogen-bond acceptors (Lipinski definition) is 4. The van der Waals surface area contributed by atoms with Crippen molar-refractivity contribution >= 4 is 40.0 Å². The Balaban J connectivity index is 1.82. The van der Waals surface area contributed by atoms with Crippen LogP contribution in [0.5, 0.6) is 11.5 Å². The highest BCUT2D eigenvalue weighted by Gasteiger charge is 2.08. The van der Waals surface area contributed by atoms with Gasteiger partial charge in [-0.2, -0.15) is 5.10 Å². The van der Waals surface area contributed by atoms with Crippen LogP contribution in [0, 0.1) is 0 Å². The van der Waals surface area contributed by atoms with Gasteiger partial charge in [0.15, 0.2) is 5.11 Å². The average Bonchev–Trinajstić information content (AvgIpc) is 2.68. The Hall–Kier alpha value is -3.12. The molecule has 3 aromatic carbocycles. The van der Waals surface area contributed by atoms with Gasteiger partial charge in [-0.1, -0.05) is 30.3 Å². The van der Waals surface area contributed by atoms with Crippen LogP contribution in [0.1, 0.15) is 5.56 Å². The highest BCUT2D eigenvalue weighted by Crippen LogP contribution is 2.29. The lowest BCUT2D eigenvalue weighted by Gasteiger charge is -2.10. The molecule has 132 valence electrons. The number of anilines is 1. The van der Waals surface area contributed by atoms with Gasteiger partial charge in [0, 0.05) is 11.3 Å². The number of hydrogen-bond donors (Lipinski definition) is 2. The number of nitrogens with zero attached hydrogens (tertiary/aromatic N) is 1. The predicted molar refractivity (Wildman–Crippen MR) is 110 cm³/mol. The van der Waals surface area contributed by atoms with Gasteiger partial charge >= 0.3 is 0 Å². The zero-order valence-corrected chi connectivity index (χ0v) is 15.3.